The number of rotatable bonds is 6. The number of carbonyl (C=O) groups excluding carboxylic acids is 1. The molecular formula is C13H24N4O. The molecule has 2 atom stereocenters. The quantitative estimate of drug-likeness (QED) is 0.719. The average Bonchev–Trinajstić information content (AvgIpc) is 2.39. The summed E-state index contributed by atoms with van der Waals surface area (Å²) in [7, 11) is 1.81. The molecule has 5 heteroatoms. The molecule has 3 N–H and O–H groups in total. The van der Waals surface area contributed by atoms with E-state index in [2.05, 4.69) is 16.3 Å². The highest BCUT2D eigenvalue weighted by Gasteiger charge is 2.25. The van der Waals surface area contributed by atoms with Gasteiger partial charge in [-0.2, -0.15) is 5.26 Å². The summed E-state index contributed by atoms with van der Waals surface area (Å²) in [5, 5.41) is 12.1. The molecule has 0 bridgehead atoms. The van der Waals surface area contributed by atoms with E-state index in [9.17, 15) is 4.79 Å². The number of hydrogen-bond acceptors (Lipinski definition) is 4. The molecule has 102 valence electrons. The van der Waals surface area contributed by atoms with E-state index in [1.165, 1.54) is 0 Å². The third kappa shape index (κ3) is 4.28. The fourth-order valence-corrected chi connectivity index (χ4v) is 2.38. The zero-order valence-electron chi connectivity index (χ0n) is 11.4. The van der Waals surface area contributed by atoms with E-state index in [-0.39, 0.29) is 11.8 Å². The molecule has 1 heterocycles. The lowest BCUT2D eigenvalue weighted by Crippen LogP contribution is -2.43. The lowest BCUT2D eigenvalue weighted by Gasteiger charge is -2.31. The lowest BCUT2D eigenvalue weighted by atomic mass is 9.95. The van der Waals surface area contributed by atoms with Crippen LogP contribution >= 0.6 is 0 Å². The van der Waals surface area contributed by atoms with Crippen LogP contribution in [0.5, 0.6) is 0 Å². The highest BCUT2D eigenvalue weighted by Crippen LogP contribution is 2.17. The van der Waals surface area contributed by atoms with E-state index in [1.807, 2.05) is 14.0 Å². The van der Waals surface area contributed by atoms with Gasteiger partial charge in [0.2, 0.25) is 5.91 Å². The molecule has 0 radical (unpaired) electrons. The fourth-order valence-electron chi connectivity index (χ4n) is 2.38. The molecule has 1 fully saturated rings. The minimum Gasteiger partial charge on any atom is -0.369 e. The van der Waals surface area contributed by atoms with E-state index in [1.54, 1.807) is 0 Å². The molecule has 0 spiro atoms. The molecular weight excluding hydrogens is 228 g/mol. The van der Waals surface area contributed by atoms with Crippen LogP contribution in [-0.4, -0.2) is 43.0 Å². The van der Waals surface area contributed by atoms with Gasteiger partial charge in [0.05, 0.1) is 12.0 Å². The number of nitriles is 1. The largest absolute Gasteiger partial charge is 0.369 e. The molecule has 1 saturated heterocycles. The number of nitrogens with two attached hydrogens (primary N) is 1. The lowest BCUT2D eigenvalue weighted by molar-refractivity contribution is -0.123. The Hall–Kier alpha value is -1.12. The normalized spacial score (nSPS) is 24.2. The topological polar surface area (TPSA) is 82.2 Å². The second-order valence-electron chi connectivity index (χ2n) is 5.34. The zero-order chi connectivity index (χ0) is 13.6. The highest BCUT2D eigenvalue weighted by atomic mass is 16.1. The Kier molecular flexibility index (Phi) is 5.57. The summed E-state index contributed by atoms with van der Waals surface area (Å²) in [4.78, 5) is 13.5. The molecule has 5 nitrogen and oxygen atoms in total. The maximum absolute atomic E-state index is 11.2. The Morgan fingerprint density at radius 2 is 2.39 bits per heavy atom. The number of likely N-dealkylation sites (tertiary alicyclic amines) is 1. The molecule has 18 heavy (non-hydrogen) atoms. The Morgan fingerprint density at radius 1 is 1.67 bits per heavy atom. The molecule has 1 aliphatic heterocycles. The van der Waals surface area contributed by atoms with Gasteiger partial charge in [0.1, 0.15) is 5.54 Å². The molecule has 0 aromatic rings. The summed E-state index contributed by atoms with van der Waals surface area (Å²) in [6, 6.07) is 2.29. The average molecular weight is 252 g/mol. The van der Waals surface area contributed by atoms with Gasteiger partial charge < -0.3 is 16.0 Å². The van der Waals surface area contributed by atoms with Crippen LogP contribution in [-0.2, 0) is 4.79 Å². The van der Waals surface area contributed by atoms with Gasteiger partial charge in [0, 0.05) is 6.54 Å². The van der Waals surface area contributed by atoms with Gasteiger partial charge in [-0.25, -0.2) is 0 Å². The Labute approximate surface area is 109 Å². The number of primary amides is 1. The van der Waals surface area contributed by atoms with E-state index < -0.39 is 5.54 Å². The van der Waals surface area contributed by atoms with Crippen molar-refractivity contribution in [1.82, 2.24) is 10.2 Å². The first-order chi connectivity index (χ1) is 8.50. The van der Waals surface area contributed by atoms with Gasteiger partial charge in [0.15, 0.2) is 0 Å². The number of hydrogen-bond donors (Lipinski definition) is 2. The predicted octanol–water partition coefficient (Wildman–Crippen LogP) is 0.466. The molecule has 0 aromatic carbocycles. The molecule has 2 unspecified atom stereocenters. The maximum Gasteiger partial charge on any atom is 0.221 e. The van der Waals surface area contributed by atoms with Crippen molar-refractivity contribution in [2.24, 2.45) is 11.7 Å². The molecule has 1 rings (SSSR count). The maximum atomic E-state index is 11.2. The fraction of sp³-hybridized carbons (Fsp3) is 0.846. The molecule has 0 aliphatic carbocycles. The second kappa shape index (κ2) is 6.72. The van der Waals surface area contributed by atoms with Crippen LogP contribution in [0.3, 0.4) is 0 Å². The van der Waals surface area contributed by atoms with Crippen molar-refractivity contribution in [3.63, 3.8) is 0 Å². The molecule has 1 aliphatic rings. The van der Waals surface area contributed by atoms with Gasteiger partial charge in [-0.3, -0.25) is 4.79 Å². The highest BCUT2D eigenvalue weighted by molar-refractivity contribution is 5.76. The minimum atomic E-state index is -0.446. The molecule has 1 amide bonds. The number of piperidine rings is 1. The summed E-state index contributed by atoms with van der Waals surface area (Å²) in [5.74, 6) is -0.179. The van der Waals surface area contributed by atoms with Gasteiger partial charge in [0.25, 0.3) is 0 Å². The van der Waals surface area contributed by atoms with E-state index in [4.69, 9.17) is 11.0 Å². The first-order valence-electron chi connectivity index (χ1n) is 6.62. The van der Waals surface area contributed by atoms with Gasteiger partial charge in [-0.1, -0.05) is 0 Å². The first-order valence-corrected chi connectivity index (χ1v) is 6.62. The van der Waals surface area contributed by atoms with E-state index in [0.29, 0.717) is 0 Å². The van der Waals surface area contributed by atoms with Crippen LogP contribution in [0.25, 0.3) is 0 Å². The standard InChI is InChI=1S/C13H24N4O/c1-13(10-14,16-2)6-4-8-17-7-3-5-11(9-17)12(15)18/h11,16H,3-9H2,1-2H3,(H2,15,18). The van der Waals surface area contributed by atoms with Gasteiger partial charge >= 0.3 is 0 Å². The summed E-state index contributed by atoms with van der Waals surface area (Å²) in [6.07, 6.45) is 3.72. The third-order valence-corrected chi connectivity index (χ3v) is 3.86. The van der Waals surface area contributed by atoms with E-state index in [0.717, 1.165) is 45.3 Å². The van der Waals surface area contributed by atoms with Crippen molar-refractivity contribution in [2.75, 3.05) is 26.7 Å². The molecule has 0 saturated carbocycles. The van der Waals surface area contributed by atoms with Crippen molar-refractivity contribution in [2.45, 2.75) is 38.1 Å². The Bertz CT molecular complexity index is 325. The monoisotopic (exact) mass is 252 g/mol. The van der Waals surface area contributed by atoms with Crippen LogP contribution in [0, 0.1) is 17.2 Å². The van der Waals surface area contributed by atoms with E-state index >= 15 is 0 Å². The van der Waals surface area contributed by atoms with Crippen LogP contribution in [0.4, 0.5) is 0 Å². The third-order valence-electron chi connectivity index (χ3n) is 3.86. The first kappa shape index (κ1) is 14.9. The van der Waals surface area contributed by atoms with Crippen LogP contribution in [0.1, 0.15) is 32.6 Å². The van der Waals surface area contributed by atoms with Gasteiger partial charge in [-0.05, 0) is 52.7 Å². The van der Waals surface area contributed by atoms with Gasteiger partial charge in [-0.15, -0.1) is 0 Å². The Morgan fingerprint density at radius 3 is 2.94 bits per heavy atom. The number of nitrogens with zero attached hydrogens (tertiary/aromatic N) is 2. The summed E-state index contributed by atoms with van der Waals surface area (Å²) in [5.41, 5.74) is 4.91. The van der Waals surface area contributed by atoms with Crippen molar-refractivity contribution in [3.8, 4) is 6.07 Å². The second-order valence-corrected chi connectivity index (χ2v) is 5.34. The molecule has 0 aromatic heterocycles. The van der Waals surface area contributed by atoms with Crippen LogP contribution < -0.4 is 11.1 Å². The van der Waals surface area contributed by atoms with Crippen molar-refractivity contribution in [1.29, 1.82) is 5.26 Å². The van der Waals surface area contributed by atoms with Crippen molar-refractivity contribution < 1.29 is 4.79 Å². The predicted molar refractivity (Wildman–Crippen MR) is 70.7 cm³/mol. The van der Waals surface area contributed by atoms with Crippen molar-refractivity contribution in [3.05, 3.63) is 0 Å². The zero-order valence-corrected chi connectivity index (χ0v) is 11.4. The summed E-state index contributed by atoms with van der Waals surface area (Å²) >= 11 is 0. The number of carbonyl (C=O) groups is 1. The number of nitrogens with one attached hydrogen (secondary N) is 1. The summed E-state index contributed by atoms with van der Waals surface area (Å²) in [6.45, 7) is 4.66. The SMILES string of the molecule is CNC(C)(C#N)CCCN1CCCC(C(N)=O)C1. The van der Waals surface area contributed by atoms with Crippen molar-refractivity contribution >= 4 is 5.91 Å². The van der Waals surface area contributed by atoms with Crippen LogP contribution in [0.15, 0.2) is 0 Å². The number of amides is 1. The van der Waals surface area contributed by atoms with Crippen LogP contribution in [0.2, 0.25) is 0 Å². The smallest absolute Gasteiger partial charge is 0.221 e. The minimum absolute atomic E-state index is 0.00500. The summed E-state index contributed by atoms with van der Waals surface area (Å²) < 4.78 is 0. The Balaban J connectivity index is 2.31.